The first-order valence-corrected chi connectivity index (χ1v) is 9.08. The smallest absolute Gasteiger partial charge is 0.319 e. The number of carbonyl (C=O) groups is 1. The molecule has 132 valence electrons. The fraction of sp³-hybridized carbons (Fsp3) is 0.350. The summed E-state index contributed by atoms with van der Waals surface area (Å²) in [5.41, 5.74) is 3.05. The van der Waals surface area contributed by atoms with E-state index in [-0.39, 0.29) is 12.1 Å². The van der Waals surface area contributed by atoms with Gasteiger partial charge in [0.2, 0.25) is 0 Å². The SMILES string of the molecule is Cc1ccc(NC(=O)NC2CCN(Cc3ccccc3)CC2)c(Cl)c1. The normalized spacial score (nSPS) is 15.8. The van der Waals surface area contributed by atoms with Gasteiger partial charge < -0.3 is 10.6 Å². The topological polar surface area (TPSA) is 44.4 Å². The summed E-state index contributed by atoms with van der Waals surface area (Å²) in [6, 6.07) is 16.1. The summed E-state index contributed by atoms with van der Waals surface area (Å²) in [6.07, 6.45) is 1.92. The lowest BCUT2D eigenvalue weighted by Crippen LogP contribution is -2.45. The van der Waals surface area contributed by atoms with Crippen LogP contribution in [0, 0.1) is 6.92 Å². The molecule has 5 heteroatoms. The number of amides is 2. The van der Waals surface area contributed by atoms with Crippen LogP contribution in [0.3, 0.4) is 0 Å². The molecule has 1 heterocycles. The van der Waals surface area contributed by atoms with Gasteiger partial charge in [-0.05, 0) is 43.0 Å². The van der Waals surface area contributed by atoms with Gasteiger partial charge in [-0.15, -0.1) is 0 Å². The lowest BCUT2D eigenvalue weighted by molar-refractivity contribution is 0.190. The van der Waals surface area contributed by atoms with E-state index in [0.717, 1.165) is 38.0 Å². The molecule has 0 bridgehead atoms. The van der Waals surface area contributed by atoms with Crippen molar-refractivity contribution in [1.82, 2.24) is 10.2 Å². The number of likely N-dealkylation sites (tertiary alicyclic amines) is 1. The summed E-state index contributed by atoms with van der Waals surface area (Å²) < 4.78 is 0. The van der Waals surface area contributed by atoms with Crippen LogP contribution >= 0.6 is 11.6 Å². The van der Waals surface area contributed by atoms with Crippen molar-refractivity contribution in [2.24, 2.45) is 0 Å². The molecular formula is C20H24ClN3O. The summed E-state index contributed by atoms with van der Waals surface area (Å²) in [5.74, 6) is 0. The van der Waals surface area contributed by atoms with E-state index in [1.165, 1.54) is 5.56 Å². The number of piperidine rings is 1. The van der Waals surface area contributed by atoms with Gasteiger partial charge in [0.05, 0.1) is 10.7 Å². The Hall–Kier alpha value is -2.04. The molecule has 0 aliphatic carbocycles. The summed E-state index contributed by atoms with van der Waals surface area (Å²) in [5, 5.41) is 6.46. The lowest BCUT2D eigenvalue weighted by Gasteiger charge is -2.32. The number of hydrogen-bond acceptors (Lipinski definition) is 2. The third-order valence-corrected chi connectivity index (χ3v) is 4.86. The molecule has 0 unspecified atom stereocenters. The predicted octanol–water partition coefficient (Wildman–Crippen LogP) is 4.43. The largest absolute Gasteiger partial charge is 0.335 e. The van der Waals surface area contributed by atoms with E-state index >= 15 is 0 Å². The molecule has 1 saturated heterocycles. The van der Waals surface area contributed by atoms with Crippen molar-refractivity contribution in [2.45, 2.75) is 32.4 Å². The van der Waals surface area contributed by atoms with E-state index in [2.05, 4.69) is 39.8 Å². The zero-order valence-electron chi connectivity index (χ0n) is 14.5. The minimum absolute atomic E-state index is 0.188. The van der Waals surface area contributed by atoms with Gasteiger partial charge in [-0.25, -0.2) is 4.79 Å². The summed E-state index contributed by atoms with van der Waals surface area (Å²) >= 11 is 6.16. The molecule has 4 nitrogen and oxygen atoms in total. The summed E-state index contributed by atoms with van der Waals surface area (Å²) in [4.78, 5) is 14.6. The molecule has 2 aromatic carbocycles. The number of nitrogens with one attached hydrogen (secondary N) is 2. The molecule has 0 spiro atoms. The fourth-order valence-corrected chi connectivity index (χ4v) is 3.42. The highest BCUT2D eigenvalue weighted by Crippen LogP contribution is 2.22. The van der Waals surface area contributed by atoms with Crippen LogP contribution < -0.4 is 10.6 Å². The van der Waals surface area contributed by atoms with Gasteiger partial charge in [0.1, 0.15) is 0 Å². The third kappa shape index (κ3) is 5.21. The molecule has 0 atom stereocenters. The van der Waals surface area contributed by atoms with Crippen molar-refractivity contribution in [1.29, 1.82) is 0 Å². The second kappa shape index (κ2) is 8.37. The van der Waals surface area contributed by atoms with Crippen LogP contribution in [0.2, 0.25) is 5.02 Å². The van der Waals surface area contributed by atoms with Crippen molar-refractivity contribution < 1.29 is 4.79 Å². The van der Waals surface area contributed by atoms with E-state index in [1.54, 1.807) is 0 Å². The highest BCUT2D eigenvalue weighted by Gasteiger charge is 2.21. The number of halogens is 1. The van der Waals surface area contributed by atoms with Crippen molar-refractivity contribution in [2.75, 3.05) is 18.4 Å². The van der Waals surface area contributed by atoms with Crippen LogP contribution in [-0.4, -0.2) is 30.1 Å². The number of nitrogens with zero attached hydrogens (tertiary/aromatic N) is 1. The van der Waals surface area contributed by atoms with Crippen molar-refractivity contribution in [3.05, 3.63) is 64.7 Å². The molecule has 2 amide bonds. The summed E-state index contributed by atoms with van der Waals surface area (Å²) in [6.45, 7) is 4.92. The van der Waals surface area contributed by atoms with Crippen LogP contribution in [0.4, 0.5) is 10.5 Å². The molecular weight excluding hydrogens is 334 g/mol. The molecule has 3 rings (SSSR count). The molecule has 1 aliphatic rings. The monoisotopic (exact) mass is 357 g/mol. The highest BCUT2D eigenvalue weighted by molar-refractivity contribution is 6.33. The Morgan fingerprint density at radius 1 is 1.16 bits per heavy atom. The minimum atomic E-state index is -0.188. The molecule has 1 fully saturated rings. The van der Waals surface area contributed by atoms with E-state index < -0.39 is 0 Å². The number of benzene rings is 2. The van der Waals surface area contributed by atoms with E-state index in [4.69, 9.17) is 11.6 Å². The van der Waals surface area contributed by atoms with Crippen molar-refractivity contribution in [3.63, 3.8) is 0 Å². The first kappa shape index (κ1) is 17.8. The zero-order chi connectivity index (χ0) is 17.6. The Labute approximate surface area is 154 Å². The van der Waals surface area contributed by atoms with Crippen molar-refractivity contribution >= 4 is 23.3 Å². The predicted molar refractivity (Wildman–Crippen MR) is 103 cm³/mol. The molecule has 0 aromatic heterocycles. The van der Waals surface area contributed by atoms with Gasteiger partial charge in [0.15, 0.2) is 0 Å². The molecule has 1 aliphatic heterocycles. The maximum atomic E-state index is 12.2. The standard InChI is InChI=1S/C20H24ClN3O/c1-15-7-8-19(18(21)13-15)23-20(25)22-17-9-11-24(12-10-17)14-16-5-3-2-4-6-16/h2-8,13,17H,9-12,14H2,1H3,(H2,22,23,25). The number of anilines is 1. The third-order valence-electron chi connectivity index (χ3n) is 4.54. The average Bonchev–Trinajstić information content (AvgIpc) is 2.60. The average molecular weight is 358 g/mol. The van der Waals surface area contributed by atoms with Crippen LogP contribution in [0.25, 0.3) is 0 Å². The lowest BCUT2D eigenvalue weighted by atomic mass is 10.0. The van der Waals surface area contributed by atoms with E-state index in [1.807, 2.05) is 31.2 Å². The molecule has 0 saturated carbocycles. The number of hydrogen-bond donors (Lipinski definition) is 2. The van der Waals surface area contributed by atoms with Crippen LogP contribution in [0.1, 0.15) is 24.0 Å². The first-order valence-electron chi connectivity index (χ1n) is 8.70. The number of aryl methyl sites for hydroxylation is 1. The molecule has 2 aromatic rings. The maximum Gasteiger partial charge on any atom is 0.319 e. The Morgan fingerprint density at radius 3 is 2.56 bits per heavy atom. The van der Waals surface area contributed by atoms with Crippen LogP contribution in [-0.2, 0) is 6.54 Å². The van der Waals surface area contributed by atoms with Gasteiger partial charge in [0, 0.05) is 25.7 Å². The Morgan fingerprint density at radius 2 is 1.88 bits per heavy atom. The molecule has 0 radical (unpaired) electrons. The summed E-state index contributed by atoms with van der Waals surface area (Å²) in [7, 11) is 0. The van der Waals surface area contributed by atoms with Crippen molar-refractivity contribution in [3.8, 4) is 0 Å². The second-order valence-corrected chi connectivity index (χ2v) is 7.02. The number of urea groups is 1. The number of carbonyl (C=O) groups excluding carboxylic acids is 1. The van der Waals surface area contributed by atoms with Gasteiger partial charge in [-0.3, -0.25) is 4.90 Å². The quantitative estimate of drug-likeness (QED) is 0.849. The van der Waals surface area contributed by atoms with Gasteiger partial charge in [-0.1, -0.05) is 48.0 Å². The van der Waals surface area contributed by atoms with Gasteiger partial charge in [0.25, 0.3) is 0 Å². The Balaban J connectivity index is 1.44. The van der Waals surface area contributed by atoms with Gasteiger partial charge in [-0.2, -0.15) is 0 Å². The van der Waals surface area contributed by atoms with Crippen LogP contribution in [0.5, 0.6) is 0 Å². The highest BCUT2D eigenvalue weighted by atomic mass is 35.5. The van der Waals surface area contributed by atoms with Gasteiger partial charge >= 0.3 is 6.03 Å². The fourth-order valence-electron chi connectivity index (χ4n) is 3.14. The second-order valence-electron chi connectivity index (χ2n) is 6.62. The van der Waals surface area contributed by atoms with E-state index in [0.29, 0.717) is 10.7 Å². The van der Waals surface area contributed by atoms with Crippen LogP contribution in [0.15, 0.2) is 48.5 Å². The number of rotatable bonds is 4. The molecule has 25 heavy (non-hydrogen) atoms. The first-order chi connectivity index (χ1) is 12.1. The minimum Gasteiger partial charge on any atom is -0.335 e. The molecule has 2 N–H and O–H groups in total. The van der Waals surface area contributed by atoms with E-state index in [9.17, 15) is 4.79 Å². The Bertz CT molecular complexity index is 712. The Kier molecular flexibility index (Phi) is 5.95. The maximum absolute atomic E-state index is 12.2. The zero-order valence-corrected chi connectivity index (χ0v) is 15.2.